The van der Waals surface area contributed by atoms with Gasteiger partial charge in [-0.05, 0) is 27.7 Å². The molecule has 0 spiro atoms. The van der Waals surface area contributed by atoms with Gasteiger partial charge in [0.05, 0.1) is 12.2 Å². The molecule has 1 aromatic rings. The van der Waals surface area contributed by atoms with Crippen molar-refractivity contribution in [3.05, 3.63) is 11.8 Å². The summed E-state index contributed by atoms with van der Waals surface area (Å²) in [4.78, 5) is 0. The van der Waals surface area contributed by atoms with Crippen LogP contribution in [0.1, 0.15) is 26.5 Å². The highest BCUT2D eigenvalue weighted by Crippen LogP contribution is 2.18. The van der Waals surface area contributed by atoms with Gasteiger partial charge in [0.1, 0.15) is 5.82 Å². The van der Waals surface area contributed by atoms with Crippen molar-refractivity contribution in [2.45, 2.75) is 33.2 Å². The lowest BCUT2D eigenvalue weighted by atomic mass is 10.1. The predicted octanol–water partition coefficient (Wildman–Crippen LogP) is 1.27. The lowest BCUT2D eigenvalue weighted by molar-refractivity contribution is 0.349. The van der Waals surface area contributed by atoms with Crippen LogP contribution < -0.4 is 11.1 Å². The van der Waals surface area contributed by atoms with Gasteiger partial charge in [0.2, 0.25) is 0 Å². The summed E-state index contributed by atoms with van der Waals surface area (Å²) < 4.78 is 1.99. The zero-order valence-electron chi connectivity index (χ0n) is 8.76. The maximum absolute atomic E-state index is 5.37. The van der Waals surface area contributed by atoms with Crippen LogP contribution in [-0.4, -0.2) is 16.4 Å². The van der Waals surface area contributed by atoms with Gasteiger partial charge in [-0.3, -0.25) is 4.68 Å². The lowest BCUT2D eigenvalue weighted by Gasteiger charge is -2.20. The predicted molar refractivity (Wildman–Crippen MR) is 54.6 cm³/mol. The van der Waals surface area contributed by atoms with Gasteiger partial charge >= 0.3 is 0 Å². The first-order valence-corrected chi connectivity index (χ1v) is 4.46. The van der Waals surface area contributed by atoms with Crippen molar-refractivity contribution in [3.63, 3.8) is 0 Å². The van der Waals surface area contributed by atoms with Crippen LogP contribution in [0.25, 0.3) is 0 Å². The first-order chi connectivity index (χ1) is 5.95. The highest BCUT2D eigenvalue weighted by Gasteiger charge is 2.16. The third-order valence-corrected chi connectivity index (χ3v) is 1.81. The number of anilines is 1. The molecule has 3 N–H and O–H groups in total. The standard InChI is InChI=1S/C9H18N4/c1-7-5-8(11-6-10)12-13(7)9(2,3)4/h5H,6,10H2,1-4H3,(H,11,12). The van der Waals surface area contributed by atoms with Crippen molar-refractivity contribution in [2.75, 3.05) is 12.0 Å². The molecule has 0 atom stereocenters. The Bertz CT molecular complexity index is 282. The summed E-state index contributed by atoms with van der Waals surface area (Å²) in [5, 5.41) is 7.38. The first kappa shape index (κ1) is 10.1. The summed E-state index contributed by atoms with van der Waals surface area (Å²) in [5.74, 6) is 0.843. The van der Waals surface area contributed by atoms with Crippen LogP contribution in [0.3, 0.4) is 0 Å². The summed E-state index contributed by atoms with van der Waals surface area (Å²) in [7, 11) is 0. The van der Waals surface area contributed by atoms with E-state index in [0.29, 0.717) is 6.67 Å². The minimum atomic E-state index is 0.0264. The quantitative estimate of drug-likeness (QED) is 0.677. The Kier molecular flexibility index (Phi) is 2.61. The molecular formula is C9H18N4. The Balaban J connectivity index is 2.96. The molecule has 0 aromatic carbocycles. The van der Waals surface area contributed by atoms with E-state index >= 15 is 0 Å². The largest absolute Gasteiger partial charge is 0.356 e. The zero-order valence-corrected chi connectivity index (χ0v) is 8.76. The van der Waals surface area contributed by atoms with Crippen molar-refractivity contribution in [1.29, 1.82) is 0 Å². The van der Waals surface area contributed by atoms with E-state index in [-0.39, 0.29) is 5.54 Å². The van der Waals surface area contributed by atoms with E-state index in [0.717, 1.165) is 11.5 Å². The summed E-state index contributed by atoms with van der Waals surface area (Å²) in [6.45, 7) is 8.83. The highest BCUT2D eigenvalue weighted by molar-refractivity contribution is 5.35. The minimum absolute atomic E-state index is 0.0264. The minimum Gasteiger partial charge on any atom is -0.356 e. The van der Waals surface area contributed by atoms with Crippen molar-refractivity contribution >= 4 is 5.82 Å². The molecule has 0 aliphatic rings. The molecule has 4 heteroatoms. The molecule has 1 aromatic heterocycles. The molecule has 1 heterocycles. The molecule has 0 saturated heterocycles. The van der Waals surface area contributed by atoms with Crippen LogP contribution in [0, 0.1) is 6.92 Å². The van der Waals surface area contributed by atoms with Gasteiger partial charge in [0.15, 0.2) is 0 Å². The maximum Gasteiger partial charge on any atom is 0.149 e. The second-order valence-electron chi connectivity index (χ2n) is 4.13. The normalized spacial score (nSPS) is 11.8. The van der Waals surface area contributed by atoms with Crippen LogP contribution in [0.2, 0.25) is 0 Å². The third kappa shape index (κ3) is 2.21. The number of nitrogens with two attached hydrogens (primary N) is 1. The zero-order chi connectivity index (χ0) is 10.1. The fraction of sp³-hybridized carbons (Fsp3) is 0.667. The number of hydrogen-bond donors (Lipinski definition) is 2. The van der Waals surface area contributed by atoms with Gasteiger partial charge in [-0.15, -0.1) is 0 Å². The van der Waals surface area contributed by atoms with Crippen LogP contribution >= 0.6 is 0 Å². The summed E-state index contributed by atoms with van der Waals surface area (Å²) in [5.41, 5.74) is 6.54. The second kappa shape index (κ2) is 3.38. The molecule has 74 valence electrons. The van der Waals surface area contributed by atoms with E-state index in [1.807, 2.05) is 17.7 Å². The van der Waals surface area contributed by atoms with Gasteiger partial charge in [-0.1, -0.05) is 0 Å². The molecule has 1 rings (SSSR count). The van der Waals surface area contributed by atoms with Crippen molar-refractivity contribution in [1.82, 2.24) is 9.78 Å². The SMILES string of the molecule is Cc1cc(NCN)nn1C(C)(C)C. The van der Waals surface area contributed by atoms with Gasteiger partial charge < -0.3 is 11.1 Å². The van der Waals surface area contributed by atoms with Crippen molar-refractivity contribution in [3.8, 4) is 0 Å². The second-order valence-corrected chi connectivity index (χ2v) is 4.13. The molecular weight excluding hydrogens is 164 g/mol. The van der Waals surface area contributed by atoms with E-state index < -0.39 is 0 Å². The Morgan fingerprint density at radius 2 is 2.15 bits per heavy atom. The number of nitrogens with one attached hydrogen (secondary N) is 1. The molecule has 13 heavy (non-hydrogen) atoms. The van der Waals surface area contributed by atoms with Gasteiger partial charge in [0, 0.05) is 11.8 Å². The van der Waals surface area contributed by atoms with E-state index in [1.54, 1.807) is 0 Å². The van der Waals surface area contributed by atoms with E-state index in [9.17, 15) is 0 Å². The maximum atomic E-state index is 5.37. The Hall–Kier alpha value is -1.03. The lowest BCUT2D eigenvalue weighted by Crippen LogP contribution is -2.24. The topological polar surface area (TPSA) is 55.9 Å². The molecule has 0 amide bonds. The number of aryl methyl sites for hydroxylation is 1. The molecule has 0 aliphatic heterocycles. The van der Waals surface area contributed by atoms with Crippen LogP contribution in [0.5, 0.6) is 0 Å². The van der Waals surface area contributed by atoms with E-state index in [1.165, 1.54) is 0 Å². The van der Waals surface area contributed by atoms with Gasteiger partial charge in [0.25, 0.3) is 0 Å². The smallest absolute Gasteiger partial charge is 0.149 e. The number of nitrogens with zero attached hydrogens (tertiary/aromatic N) is 2. The molecule has 4 nitrogen and oxygen atoms in total. The molecule has 0 fully saturated rings. The van der Waals surface area contributed by atoms with E-state index in [4.69, 9.17) is 5.73 Å². The van der Waals surface area contributed by atoms with Gasteiger partial charge in [-0.2, -0.15) is 5.10 Å². The summed E-state index contributed by atoms with van der Waals surface area (Å²) >= 11 is 0. The van der Waals surface area contributed by atoms with Crippen molar-refractivity contribution < 1.29 is 0 Å². The van der Waals surface area contributed by atoms with Crippen LogP contribution in [0.4, 0.5) is 5.82 Å². The third-order valence-electron chi connectivity index (χ3n) is 1.81. The highest BCUT2D eigenvalue weighted by atomic mass is 15.4. The number of aromatic nitrogens is 2. The molecule has 0 bridgehead atoms. The Labute approximate surface area is 79.1 Å². The molecule has 0 unspecified atom stereocenters. The van der Waals surface area contributed by atoms with E-state index in [2.05, 4.69) is 31.2 Å². The number of hydrogen-bond acceptors (Lipinski definition) is 3. The number of rotatable bonds is 2. The Morgan fingerprint density at radius 3 is 2.54 bits per heavy atom. The average molecular weight is 182 g/mol. The molecule has 0 radical (unpaired) electrons. The first-order valence-electron chi connectivity index (χ1n) is 4.46. The van der Waals surface area contributed by atoms with Crippen molar-refractivity contribution in [2.24, 2.45) is 5.73 Å². The summed E-state index contributed by atoms with van der Waals surface area (Å²) in [6.07, 6.45) is 0. The fourth-order valence-electron chi connectivity index (χ4n) is 1.34. The van der Waals surface area contributed by atoms with Crippen LogP contribution in [-0.2, 0) is 5.54 Å². The summed E-state index contributed by atoms with van der Waals surface area (Å²) in [6, 6.07) is 2.00. The molecule has 0 aliphatic carbocycles. The molecule has 0 saturated carbocycles. The van der Waals surface area contributed by atoms with Crippen LogP contribution in [0.15, 0.2) is 6.07 Å². The van der Waals surface area contributed by atoms with Gasteiger partial charge in [-0.25, -0.2) is 0 Å². The monoisotopic (exact) mass is 182 g/mol. The Morgan fingerprint density at radius 1 is 1.54 bits per heavy atom. The fourth-order valence-corrected chi connectivity index (χ4v) is 1.34. The average Bonchev–Trinajstić information content (AvgIpc) is 2.30.